The molecule has 1 aromatic heterocycles. The lowest BCUT2D eigenvalue weighted by atomic mass is 10.0. The Kier molecular flexibility index (Phi) is 3.26. The summed E-state index contributed by atoms with van der Waals surface area (Å²) >= 11 is 0. The van der Waals surface area contributed by atoms with Crippen molar-refractivity contribution in [3.63, 3.8) is 0 Å². The van der Waals surface area contributed by atoms with E-state index in [0.717, 1.165) is 23.3 Å². The molecule has 0 N–H and O–H groups in total. The summed E-state index contributed by atoms with van der Waals surface area (Å²) in [5.41, 5.74) is 7.46. The van der Waals surface area contributed by atoms with Crippen LogP contribution < -0.4 is 0 Å². The van der Waals surface area contributed by atoms with E-state index in [1.165, 1.54) is 33.0 Å². The third-order valence-corrected chi connectivity index (χ3v) is 5.58. The minimum atomic E-state index is 0.668. The SMILES string of the molecule is c1ccc2c(c1)Cc1cc(-c3ncc(-c4ccc5ccccc5c4)o3)ccc1-2. The summed E-state index contributed by atoms with van der Waals surface area (Å²) in [5, 5.41) is 2.43. The van der Waals surface area contributed by atoms with Crippen LogP contribution in [0.4, 0.5) is 0 Å². The van der Waals surface area contributed by atoms with Crippen molar-refractivity contribution >= 4 is 10.8 Å². The van der Waals surface area contributed by atoms with Crippen LogP contribution in [0.25, 0.3) is 44.7 Å². The monoisotopic (exact) mass is 359 g/mol. The van der Waals surface area contributed by atoms with Gasteiger partial charge in [0.15, 0.2) is 5.76 Å². The van der Waals surface area contributed by atoms with Gasteiger partial charge in [-0.3, -0.25) is 0 Å². The first-order chi connectivity index (χ1) is 13.8. The van der Waals surface area contributed by atoms with Gasteiger partial charge in [-0.25, -0.2) is 4.98 Å². The number of hydrogen-bond donors (Lipinski definition) is 0. The molecule has 0 spiro atoms. The number of hydrogen-bond acceptors (Lipinski definition) is 2. The number of fused-ring (bicyclic) bond motifs is 4. The number of rotatable bonds is 2. The summed E-state index contributed by atoms with van der Waals surface area (Å²) in [6.07, 6.45) is 2.79. The highest BCUT2D eigenvalue weighted by atomic mass is 16.4. The van der Waals surface area contributed by atoms with E-state index in [1.807, 2.05) is 6.20 Å². The van der Waals surface area contributed by atoms with Crippen LogP contribution in [-0.2, 0) is 6.42 Å². The van der Waals surface area contributed by atoms with Crippen LogP contribution >= 0.6 is 0 Å². The third kappa shape index (κ3) is 2.39. The van der Waals surface area contributed by atoms with Crippen molar-refractivity contribution in [2.45, 2.75) is 6.42 Å². The van der Waals surface area contributed by atoms with Gasteiger partial charge in [0.1, 0.15) is 0 Å². The molecule has 2 heteroatoms. The molecule has 5 aromatic rings. The Morgan fingerprint density at radius 2 is 1.43 bits per heavy atom. The van der Waals surface area contributed by atoms with E-state index < -0.39 is 0 Å². The molecule has 0 radical (unpaired) electrons. The van der Waals surface area contributed by atoms with Crippen LogP contribution in [0.15, 0.2) is 95.5 Å². The fourth-order valence-electron chi connectivity index (χ4n) is 4.16. The van der Waals surface area contributed by atoms with Gasteiger partial charge in [0, 0.05) is 11.1 Å². The molecule has 4 aromatic carbocycles. The topological polar surface area (TPSA) is 26.0 Å². The Morgan fingerprint density at radius 3 is 2.39 bits per heavy atom. The Hall–Kier alpha value is -3.65. The smallest absolute Gasteiger partial charge is 0.226 e. The number of nitrogens with zero attached hydrogens (tertiary/aromatic N) is 1. The molecule has 0 amide bonds. The molecule has 0 saturated heterocycles. The Morgan fingerprint density at radius 1 is 0.643 bits per heavy atom. The van der Waals surface area contributed by atoms with Crippen molar-refractivity contribution in [3.05, 3.63) is 102 Å². The molecule has 1 heterocycles. The molecule has 0 unspecified atom stereocenters. The Balaban J connectivity index is 1.37. The molecular weight excluding hydrogens is 342 g/mol. The molecular formula is C26H17NO. The van der Waals surface area contributed by atoms with Gasteiger partial charge in [-0.1, -0.05) is 66.7 Å². The van der Waals surface area contributed by atoms with E-state index in [-0.39, 0.29) is 0 Å². The maximum atomic E-state index is 6.13. The van der Waals surface area contributed by atoms with Crippen molar-refractivity contribution < 1.29 is 4.42 Å². The first kappa shape index (κ1) is 15.4. The summed E-state index contributed by atoms with van der Waals surface area (Å²) in [6.45, 7) is 0. The summed E-state index contributed by atoms with van der Waals surface area (Å²) in [7, 11) is 0. The van der Waals surface area contributed by atoms with Gasteiger partial charge in [0.25, 0.3) is 0 Å². The second kappa shape index (κ2) is 5.93. The highest BCUT2D eigenvalue weighted by molar-refractivity contribution is 5.86. The van der Waals surface area contributed by atoms with Crippen LogP contribution in [0.5, 0.6) is 0 Å². The molecule has 0 bridgehead atoms. The summed E-state index contributed by atoms with van der Waals surface area (Å²) in [6, 6.07) is 29.8. The van der Waals surface area contributed by atoms with Crippen LogP contribution in [0.2, 0.25) is 0 Å². The van der Waals surface area contributed by atoms with Crippen molar-refractivity contribution in [2.24, 2.45) is 0 Å². The fourth-order valence-corrected chi connectivity index (χ4v) is 4.16. The molecule has 2 nitrogen and oxygen atoms in total. The van der Waals surface area contributed by atoms with E-state index in [2.05, 4.69) is 89.9 Å². The molecule has 28 heavy (non-hydrogen) atoms. The summed E-state index contributed by atoms with van der Waals surface area (Å²) in [5.74, 6) is 1.46. The summed E-state index contributed by atoms with van der Waals surface area (Å²) in [4.78, 5) is 4.55. The standard InChI is InChI=1S/C26H17NO/c1-2-6-18-13-20(10-9-17(18)5-1)25-16-27-26(28-25)21-11-12-24-22(15-21)14-19-7-3-4-8-23(19)24/h1-13,15-16H,14H2. The zero-order valence-electron chi connectivity index (χ0n) is 15.2. The minimum absolute atomic E-state index is 0.668. The molecule has 132 valence electrons. The number of aromatic nitrogens is 1. The molecule has 1 aliphatic carbocycles. The average molecular weight is 359 g/mol. The van der Waals surface area contributed by atoms with Crippen LogP contribution in [0.3, 0.4) is 0 Å². The highest BCUT2D eigenvalue weighted by Gasteiger charge is 2.19. The van der Waals surface area contributed by atoms with Gasteiger partial charge < -0.3 is 4.42 Å². The van der Waals surface area contributed by atoms with Crippen molar-refractivity contribution in [2.75, 3.05) is 0 Å². The van der Waals surface area contributed by atoms with E-state index in [4.69, 9.17) is 4.42 Å². The van der Waals surface area contributed by atoms with E-state index in [0.29, 0.717) is 5.89 Å². The quantitative estimate of drug-likeness (QED) is 0.342. The van der Waals surface area contributed by atoms with Gasteiger partial charge >= 0.3 is 0 Å². The minimum Gasteiger partial charge on any atom is -0.436 e. The van der Waals surface area contributed by atoms with Gasteiger partial charge in [-0.05, 0) is 57.6 Å². The zero-order chi connectivity index (χ0) is 18.5. The van der Waals surface area contributed by atoms with Crippen molar-refractivity contribution in [1.29, 1.82) is 0 Å². The van der Waals surface area contributed by atoms with Crippen molar-refractivity contribution in [3.8, 4) is 33.9 Å². The first-order valence-electron chi connectivity index (χ1n) is 9.52. The first-order valence-corrected chi connectivity index (χ1v) is 9.52. The normalized spacial score (nSPS) is 12.1. The average Bonchev–Trinajstić information content (AvgIpc) is 3.38. The lowest BCUT2D eigenvalue weighted by molar-refractivity contribution is 0.589. The second-order valence-electron chi connectivity index (χ2n) is 7.30. The molecule has 0 atom stereocenters. The Labute approximate surface area is 163 Å². The van der Waals surface area contributed by atoms with Gasteiger partial charge in [0.2, 0.25) is 5.89 Å². The van der Waals surface area contributed by atoms with Crippen molar-refractivity contribution in [1.82, 2.24) is 4.98 Å². The molecule has 0 fully saturated rings. The lowest BCUT2D eigenvalue weighted by Gasteiger charge is -2.03. The van der Waals surface area contributed by atoms with Gasteiger partial charge in [-0.15, -0.1) is 0 Å². The fraction of sp³-hybridized carbons (Fsp3) is 0.0385. The predicted octanol–water partition coefficient (Wildman–Crippen LogP) is 6.73. The number of oxazole rings is 1. The second-order valence-corrected chi connectivity index (χ2v) is 7.30. The van der Waals surface area contributed by atoms with E-state index >= 15 is 0 Å². The van der Waals surface area contributed by atoms with Gasteiger partial charge in [-0.2, -0.15) is 0 Å². The Bertz CT molecular complexity index is 1350. The number of benzene rings is 4. The van der Waals surface area contributed by atoms with Gasteiger partial charge in [0.05, 0.1) is 6.20 Å². The van der Waals surface area contributed by atoms with Crippen LogP contribution in [-0.4, -0.2) is 4.98 Å². The van der Waals surface area contributed by atoms with Crippen LogP contribution in [0.1, 0.15) is 11.1 Å². The predicted molar refractivity (Wildman–Crippen MR) is 113 cm³/mol. The van der Waals surface area contributed by atoms with E-state index in [9.17, 15) is 0 Å². The third-order valence-electron chi connectivity index (χ3n) is 5.58. The molecule has 0 aliphatic heterocycles. The zero-order valence-corrected chi connectivity index (χ0v) is 15.2. The maximum absolute atomic E-state index is 6.13. The maximum Gasteiger partial charge on any atom is 0.226 e. The van der Waals surface area contributed by atoms with Crippen LogP contribution in [0, 0.1) is 0 Å². The molecule has 1 aliphatic rings. The molecule has 0 saturated carbocycles. The molecule has 6 rings (SSSR count). The highest BCUT2D eigenvalue weighted by Crippen LogP contribution is 2.38. The largest absolute Gasteiger partial charge is 0.436 e. The lowest BCUT2D eigenvalue weighted by Crippen LogP contribution is -1.83. The van der Waals surface area contributed by atoms with E-state index in [1.54, 1.807) is 0 Å². The summed E-state index contributed by atoms with van der Waals surface area (Å²) < 4.78 is 6.13.